The van der Waals surface area contributed by atoms with Crippen molar-refractivity contribution >= 4 is 29.3 Å². The molecule has 0 radical (unpaired) electrons. The maximum Gasteiger partial charge on any atom is 0.514 e. The molecule has 0 aliphatic heterocycles. The number of nitrogens with two attached hydrogens (primary N) is 2. The van der Waals surface area contributed by atoms with Crippen LogP contribution in [0.15, 0.2) is 48.5 Å². The third-order valence-electron chi connectivity index (χ3n) is 3.58. The van der Waals surface area contributed by atoms with Gasteiger partial charge in [0.05, 0.1) is 17.4 Å². The van der Waals surface area contributed by atoms with Crippen LogP contribution in [0.5, 0.6) is 5.75 Å². The van der Waals surface area contributed by atoms with Crippen LogP contribution in [0.2, 0.25) is 0 Å². The summed E-state index contributed by atoms with van der Waals surface area (Å²) in [5.74, 6) is -1.13. The molecule has 0 unspecified atom stereocenters. The first-order chi connectivity index (χ1) is 13.7. The van der Waals surface area contributed by atoms with Gasteiger partial charge < -0.3 is 26.3 Å². The van der Waals surface area contributed by atoms with Crippen LogP contribution >= 0.6 is 0 Å². The number of primary amides is 1. The van der Waals surface area contributed by atoms with Crippen molar-refractivity contribution in [3.05, 3.63) is 64.2 Å². The number of hydrogen-bond acceptors (Lipinski definition) is 8. The SMILES string of the molecule is NC(=O)C[C@H](N)C(=O)Nc1ccc(COC(=O)Oc2ccc([N+](=O)[O-])cc2)cc1. The van der Waals surface area contributed by atoms with Gasteiger partial charge in [0.25, 0.3) is 5.69 Å². The summed E-state index contributed by atoms with van der Waals surface area (Å²) in [5.41, 5.74) is 11.5. The second-order valence-corrected chi connectivity index (χ2v) is 5.85. The van der Waals surface area contributed by atoms with Crippen LogP contribution in [0.3, 0.4) is 0 Å². The van der Waals surface area contributed by atoms with Gasteiger partial charge in [-0.05, 0) is 29.8 Å². The highest BCUT2D eigenvalue weighted by molar-refractivity contribution is 5.97. The van der Waals surface area contributed by atoms with E-state index in [9.17, 15) is 24.5 Å². The number of nitro benzene ring substituents is 1. The van der Waals surface area contributed by atoms with Crippen molar-refractivity contribution in [3.63, 3.8) is 0 Å². The number of rotatable bonds is 8. The zero-order chi connectivity index (χ0) is 21.4. The zero-order valence-electron chi connectivity index (χ0n) is 15.1. The van der Waals surface area contributed by atoms with Crippen LogP contribution in [0.4, 0.5) is 16.2 Å². The molecule has 0 aliphatic rings. The summed E-state index contributed by atoms with van der Waals surface area (Å²) in [6, 6.07) is 10.2. The predicted octanol–water partition coefficient (Wildman–Crippen LogP) is 1.45. The van der Waals surface area contributed by atoms with Crippen LogP contribution < -0.4 is 21.5 Å². The summed E-state index contributed by atoms with van der Waals surface area (Å²) in [5, 5.41) is 13.1. The lowest BCUT2D eigenvalue weighted by Gasteiger charge is -2.11. The number of non-ortho nitro benzene ring substituents is 1. The highest BCUT2D eigenvalue weighted by atomic mass is 16.7. The van der Waals surface area contributed by atoms with E-state index in [1.807, 2.05) is 0 Å². The molecule has 0 saturated carbocycles. The van der Waals surface area contributed by atoms with Gasteiger partial charge in [-0.25, -0.2) is 4.79 Å². The molecule has 0 spiro atoms. The van der Waals surface area contributed by atoms with E-state index in [0.717, 1.165) is 0 Å². The molecule has 0 aromatic heterocycles. The normalized spacial score (nSPS) is 11.2. The Labute approximate surface area is 164 Å². The molecule has 11 heteroatoms. The van der Waals surface area contributed by atoms with E-state index < -0.39 is 28.9 Å². The summed E-state index contributed by atoms with van der Waals surface area (Å²) < 4.78 is 9.87. The van der Waals surface area contributed by atoms with E-state index in [-0.39, 0.29) is 24.5 Å². The van der Waals surface area contributed by atoms with Crippen LogP contribution in [0, 0.1) is 10.1 Å². The summed E-state index contributed by atoms with van der Waals surface area (Å²) in [4.78, 5) is 44.3. The van der Waals surface area contributed by atoms with Gasteiger partial charge in [0.1, 0.15) is 12.4 Å². The first-order valence-electron chi connectivity index (χ1n) is 8.27. The number of hydrogen-bond donors (Lipinski definition) is 3. The van der Waals surface area contributed by atoms with E-state index in [0.29, 0.717) is 11.3 Å². The largest absolute Gasteiger partial charge is 0.514 e. The van der Waals surface area contributed by atoms with Gasteiger partial charge in [-0.1, -0.05) is 12.1 Å². The minimum Gasteiger partial charge on any atom is -0.429 e. The Balaban J connectivity index is 1.82. The third kappa shape index (κ3) is 6.92. The Bertz CT molecular complexity index is 897. The van der Waals surface area contributed by atoms with Crippen molar-refractivity contribution in [3.8, 4) is 5.75 Å². The summed E-state index contributed by atoms with van der Waals surface area (Å²) in [6.45, 7) is -0.0960. The Kier molecular flexibility index (Phi) is 7.20. The fourth-order valence-electron chi connectivity index (χ4n) is 2.13. The molecule has 2 aromatic carbocycles. The van der Waals surface area contributed by atoms with Crippen LogP contribution in [0.25, 0.3) is 0 Å². The molecule has 5 N–H and O–H groups in total. The minimum atomic E-state index is -1.05. The van der Waals surface area contributed by atoms with Crippen LogP contribution in [0.1, 0.15) is 12.0 Å². The molecule has 0 heterocycles. The average molecular weight is 402 g/mol. The third-order valence-corrected chi connectivity index (χ3v) is 3.58. The second kappa shape index (κ2) is 9.80. The lowest BCUT2D eigenvalue weighted by atomic mass is 10.2. The molecule has 29 heavy (non-hydrogen) atoms. The quantitative estimate of drug-likeness (QED) is 0.257. The number of anilines is 1. The molecule has 2 aromatic rings. The Morgan fingerprint density at radius 1 is 1.07 bits per heavy atom. The Morgan fingerprint density at radius 2 is 1.69 bits per heavy atom. The lowest BCUT2D eigenvalue weighted by Crippen LogP contribution is -2.38. The Hall–Kier alpha value is -3.99. The number of nitrogens with one attached hydrogen (secondary N) is 1. The summed E-state index contributed by atoms with van der Waals surface area (Å²) >= 11 is 0. The molecule has 152 valence electrons. The van der Waals surface area contributed by atoms with Crippen molar-refractivity contribution < 1.29 is 28.8 Å². The first kappa shape index (κ1) is 21.3. The number of ether oxygens (including phenoxy) is 2. The fourth-order valence-corrected chi connectivity index (χ4v) is 2.13. The number of carbonyl (C=O) groups is 3. The molecule has 1 atom stereocenters. The van der Waals surface area contributed by atoms with Gasteiger partial charge >= 0.3 is 6.16 Å². The topological polar surface area (TPSA) is 177 Å². The lowest BCUT2D eigenvalue weighted by molar-refractivity contribution is -0.384. The van der Waals surface area contributed by atoms with Crippen molar-refractivity contribution in [2.75, 3.05) is 5.32 Å². The van der Waals surface area contributed by atoms with E-state index in [1.165, 1.54) is 24.3 Å². The monoisotopic (exact) mass is 402 g/mol. The first-order valence-corrected chi connectivity index (χ1v) is 8.27. The van der Waals surface area contributed by atoms with E-state index in [2.05, 4.69) is 5.32 Å². The smallest absolute Gasteiger partial charge is 0.429 e. The number of nitro groups is 1. The maximum absolute atomic E-state index is 11.8. The molecule has 0 bridgehead atoms. The number of benzene rings is 2. The van der Waals surface area contributed by atoms with Crippen molar-refractivity contribution in [2.24, 2.45) is 11.5 Å². The molecule has 0 fully saturated rings. The summed E-state index contributed by atoms with van der Waals surface area (Å²) in [6.07, 6.45) is -1.25. The van der Waals surface area contributed by atoms with Crippen molar-refractivity contribution in [2.45, 2.75) is 19.1 Å². The van der Waals surface area contributed by atoms with Gasteiger partial charge in [0, 0.05) is 17.8 Å². The zero-order valence-corrected chi connectivity index (χ0v) is 15.1. The van der Waals surface area contributed by atoms with Gasteiger partial charge in [-0.15, -0.1) is 0 Å². The fraction of sp³-hybridized carbons (Fsp3) is 0.167. The average Bonchev–Trinajstić information content (AvgIpc) is 2.67. The summed E-state index contributed by atoms with van der Waals surface area (Å²) in [7, 11) is 0. The van der Waals surface area contributed by atoms with Gasteiger partial charge in [0.15, 0.2) is 0 Å². The number of carbonyl (C=O) groups excluding carboxylic acids is 3. The van der Waals surface area contributed by atoms with Crippen molar-refractivity contribution in [1.82, 2.24) is 0 Å². The Morgan fingerprint density at radius 3 is 2.24 bits per heavy atom. The predicted molar refractivity (Wildman–Crippen MR) is 101 cm³/mol. The number of amides is 2. The highest BCUT2D eigenvalue weighted by Gasteiger charge is 2.16. The van der Waals surface area contributed by atoms with E-state index >= 15 is 0 Å². The van der Waals surface area contributed by atoms with Crippen molar-refractivity contribution in [1.29, 1.82) is 0 Å². The molecule has 0 aliphatic carbocycles. The molecule has 0 saturated heterocycles. The van der Waals surface area contributed by atoms with E-state index in [1.54, 1.807) is 24.3 Å². The standard InChI is InChI=1S/C18H18N4O7/c19-15(9-16(20)23)17(24)21-12-3-1-11(2-4-12)10-28-18(25)29-14-7-5-13(6-8-14)22(26)27/h1-8,15H,9-10,19H2,(H2,20,23)(H,21,24)/t15-/m0/s1. The van der Waals surface area contributed by atoms with Gasteiger partial charge in [-0.3, -0.25) is 19.7 Å². The molecule has 2 amide bonds. The molecule has 11 nitrogen and oxygen atoms in total. The second-order valence-electron chi connectivity index (χ2n) is 5.85. The molecular formula is C18H18N4O7. The van der Waals surface area contributed by atoms with Gasteiger partial charge in [0.2, 0.25) is 11.8 Å². The maximum atomic E-state index is 11.8. The van der Waals surface area contributed by atoms with Crippen LogP contribution in [-0.4, -0.2) is 28.9 Å². The van der Waals surface area contributed by atoms with Gasteiger partial charge in [-0.2, -0.15) is 0 Å². The highest BCUT2D eigenvalue weighted by Crippen LogP contribution is 2.18. The number of nitrogens with zero attached hydrogens (tertiary/aromatic N) is 1. The molecular weight excluding hydrogens is 384 g/mol. The molecule has 2 rings (SSSR count). The van der Waals surface area contributed by atoms with Crippen LogP contribution in [-0.2, 0) is 20.9 Å². The minimum absolute atomic E-state index is 0.0960. The van der Waals surface area contributed by atoms with E-state index in [4.69, 9.17) is 20.9 Å².